The number of carbonyl (C=O) groups is 2. The highest BCUT2D eigenvalue weighted by Gasteiger charge is 2.34. The summed E-state index contributed by atoms with van der Waals surface area (Å²) in [6.07, 6.45) is 0.952. The van der Waals surface area contributed by atoms with Crippen LogP contribution < -0.4 is 14.4 Å². The molecule has 0 aliphatic heterocycles. The van der Waals surface area contributed by atoms with E-state index in [1.165, 1.54) is 42.3 Å². The minimum Gasteiger partial charge on any atom is -0.497 e. The average Bonchev–Trinajstić information content (AvgIpc) is 2.96. The SMILES string of the molecule is CC[C@@H](C)NC(=O)[C@H](CC)N(Cc1c(Cl)cccc1Cl)C(=O)CN(c1cccc(Cl)c1)S(=O)(=O)c1ccc(OC)cc1. The predicted octanol–water partition coefficient (Wildman–Crippen LogP) is 6.57. The Hall–Kier alpha value is -2.98. The van der Waals surface area contributed by atoms with E-state index in [-0.39, 0.29) is 40.5 Å². The van der Waals surface area contributed by atoms with Crippen LogP contribution in [0.5, 0.6) is 5.75 Å². The van der Waals surface area contributed by atoms with Crippen LogP contribution in [-0.2, 0) is 26.2 Å². The maximum Gasteiger partial charge on any atom is 0.264 e. The van der Waals surface area contributed by atoms with Crippen LogP contribution in [0.1, 0.15) is 39.2 Å². The lowest BCUT2D eigenvalue weighted by molar-refractivity contribution is -0.140. The zero-order chi connectivity index (χ0) is 31.0. The number of halogens is 3. The molecule has 8 nitrogen and oxygen atoms in total. The van der Waals surface area contributed by atoms with Crippen LogP contribution >= 0.6 is 34.8 Å². The monoisotopic (exact) mass is 653 g/mol. The molecule has 3 aromatic rings. The van der Waals surface area contributed by atoms with E-state index in [1.807, 2.05) is 13.8 Å². The molecule has 0 saturated heterocycles. The van der Waals surface area contributed by atoms with E-state index in [0.717, 1.165) is 4.31 Å². The third kappa shape index (κ3) is 8.10. The minimum absolute atomic E-state index is 0.0571. The third-order valence-electron chi connectivity index (χ3n) is 6.80. The number of benzene rings is 3. The quantitative estimate of drug-likeness (QED) is 0.225. The summed E-state index contributed by atoms with van der Waals surface area (Å²) >= 11 is 19.1. The van der Waals surface area contributed by atoms with Crippen molar-refractivity contribution in [3.63, 3.8) is 0 Å². The van der Waals surface area contributed by atoms with Gasteiger partial charge in [-0.1, -0.05) is 60.8 Å². The van der Waals surface area contributed by atoms with Gasteiger partial charge in [0.2, 0.25) is 11.8 Å². The summed E-state index contributed by atoms with van der Waals surface area (Å²) in [5.74, 6) is -0.523. The highest BCUT2D eigenvalue weighted by molar-refractivity contribution is 7.92. The van der Waals surface area contributed by atoms with Crippen molar-refractivity contribution >= 4 is 62.3 Å². The molecule has 0 unspecified atom stereocenters. The molecule has 3 rings (SSSR count). The Morgan fingerprint density at radius 1 is 0.929 bits per heavy atom. The number of rotatable bonds is 13. The molecule has 0 heterocycles. The van der Waals surface area contributed by atoms with Crippen molar-refractivity contribution < 1.29 is 22.7 Å². The number of ether oxygens (including phenoxy) is 1. The maximum absolute atomic E-state index is 14.2. The molecule has 0 spiro atoms. The lowest BCUT2D eigenvalue weighted by Crippen LogP contribution is -2.53. The minimum atomic E-state index is -4.27. The molecular formula is C30H34Cl3N3O5S. The van der Waals surface area contributed by atoms with E-state index in [9.17, 15) is 18.0 Å². The Morgan fingerprint density at radius 2 is 1.55 bits per heavy atom. The van der Waals surface area contributed by atoms with Crippen molar-refractivity contribution in [2.24, 2.45) is 0 Å². The van der Waals surface area contributed by atoms with Gasteiger partial charge in [-0.2, -0.15) is 0 Å². The van der Waals surface area contributed by atoms with E-state index in [0.29, 0.717) is 27.8 Å². The highest BCUT2D eigenvalue weighted by Crippen LogP contribution is 2.30. The van der Waals surface area contributed by atoms with Crippen LogP contribution in [0.3, 0.4) is 0 Å². The van der Waals surface area contributed by atoms with Crippen LogP contribution in [0.2, 0.25) is 15.1 Å². The fraction of sp³-hybridized carbons (Fsp3) is 0.333. The summed E-state index contributed by atoms with van der Waals surface area (Å²) in [4.78, 5) is 28.8. The standard InChI is InChI=1S/C30H34Cl3N3O5S/c1-5-20(3)34-30(38)28(6-2)35(18-25-26(32)11-8-12-27(25)33)29(37)19-36(22-10-7-9-21(31)17-22)42(39,40)24-15-13-23(41-4)14-16-24/h7-17,20,28H,5-6,18-19H2,1-4H3,(H,34,38)/t20-,28+/m1/s1. The van der Waals surface area contributed by atoms with Crippen LogP contribution in [0, 0.1) is 0 Å². The van der Waals surface area contributed by atoms with Gasteiger partial charge in [-0.15, -0.1) is 0 Å². The first-order valence-corrected chi connectivity index (χ1v) is 15.9. The van der Waals surface area contributed by atoms with Gasteiger partial charge in [0.1, 0.15) is 18.3 Å². The Morgan fingerprint density at radius 3 is 2.10 bits per heavy atom. The normalized spacial score (nSPS) is 12.7. The van der Waals surface area contributed by atoms with Gasteiger partial charge in [0, 0.05) is 33.2 Å². The number of amides is 2. The number of hydrogen-bond acceptors (Lipinski definition) is 5. The number of nitrogens with one attached hydrogen (secondary N) is 1. The smallest absolute Gasteiger partial charge is 0.264 e. The summed E-state index contributed by atoms with van der Waals surface area (Å²) in [6, 6.07) is 15.9. The Balaban J connectivity index is 2.10. The number of methoxy groups -OCH3 is 1. The first-order chi connectivity index (χ1) is 19.9. The second-order valence-electron chi connectivity index (χ2n) is 9.63. The average molecular weight is 655 g/mol. The van der Waals surface area contributed by atoms with E-state index in [4.69, 9.17) is 39.5 Å². The number of hydrogen-bond donors (Lipinski definition) is 1. The van der Waals surface area contributed by atoms with Gasteiger partial charge in [0.15, 0.2) is 0 Å². The topological polar surface area (TPSA) is 96.0 Å². The Kier molecular flexibility index (Phi) is 11.9. The molecular weight excluding hydrogens is 621 g/mol. The highest BCUT2D eigenvalue weighted by atomic mass is 35.5. The second-order valence-corrected chi connectivity index (χ2v) is 12.7. The number of nitrogens with zero attached hydrogens (tertiary/aromatic N) is 2. The summed E-state index contributed by atoms with van der Waals surface area (Å²) in [6.45, 7) is 4.84. The molecule has 0 bridgehead atoms. The van der Waals surface area contributed by atoms with Gasteiger partial charge in [0.05, 0.1) is 17.7 Å². The first-order valence-electron chi connectivity index (χ1n) is 13.4. The molecule has 3 aromatic carbocycles. The molecule has 0 aliphatic carbocycles. The molecule has 12 heteroatoms. The zero-order valence-electron chi connectivity index (χ0n) is 23.8. The molecule has 2 amide bonds. The van der Waals surface area contributed by atoms with Crippen LogP contribution in [0.25, 0.3) is 0 Å². The lowest BCUT2D eigenvalue weighted by Gasteiger charge is -2.34. The second kappa shape index (κ2) is 15.0. The van der Waals surface area contributed by atoms with Crippen molar-refractivity contribution in [2.45, 2.75) is 57.1 Å². The fourth-order valence-electron chi connectivity index (χ4n) is 4.25. The van der Waals surface area contributed by atoms with Crippen molar-refractivity contribution in [1.29, 1.82) is 0 Å². The van der Waals surface area contributed by atoms with E-state index in [2.05, 4.69) is 5.32 Å². The van der Waals surface area contributed by atoms with Crippen molar-refractivity contribution in [3.8, 4) is 5.75 Å². The van der Waals surface area contributed by atoms with Gasteiger partial charge in [0.25, 0.3) is 10.0 Å². The number of sulfonamides is 1. The lowest BCUT2D eigenvalue weighted by atomic mass is 10.1. The fourth-order valence-corrected chi connectivity index (χ4v) is 6.36. The predicted molar refractivity (Wildman–Crippen MR) is 168 cm³/mol. The van der Waals surface area contributed by atoms with Gasteiger partial charge in [-0.25, -0.2) is 8.42 Å². The molecule has 2 atom stereocenters. The summed E-state index contributed by atoms with van der Waals surface area (Å²) < 4.78 is 34.1. The molecule has 0 fully saturated rings. The van der Waals surface area contributed by atoms with Crippen LogP contribution in [-0.4, -0.2) is 50.9 Å². The van der Waals surface area contributed by atoms with Gasteiger partial charge in [-0.05, 0) is 74.4 Å². The van der Waals surface area contributed by atoms with Gasteiger partial charge < -0.3 is 15.0 Å². The summed E-state index contributed by atoms with van der Waals surface area (Å²) in [5, 5.41) is 3.85. The van der Waals surface area contributed by atoms with E-state index < -0.39 is 28.5 Å². The molecule has 0 aromatic heterocycles. The van der Waals surface area contributed by atoms with Crippen molar-refractivity contribution in [1.82, 2.24) is 10.2 Å². The van der Waals surface area contributed by atoms with E-state index in [1.54, 1.807) is 43.3 Å². The maximum atomic E-state index is 14.2. The largest absolute Gasteiger partial charge is 0.497 e. The third-order valence-corrected chi connectivity index (χ3v) is 9.53. The van der Waals surface area contributed by atoms with Gasteiger partial charge >= 0.3 is 0 Å². The van der Waals surface area contributed by atoms with Crippen LogP contribution in [0.15, 0.2) is 71.6 Å². The Bertz CT molecular complexity index is 1480. The molecule has 0 aliphatic rings. The molecule has 226 valence electrons. The molecule has 42 heavy (non-hydrogen) atoms. The molecule has 0 radical (unpaired) electrons. The molecule has 1 N–H and O–H groups in total. The summed E-state index contributed by atoms with van der Waals surface area (Å²) in [5.41, 5.74) is 0.621. The van der Waals surface area contributed by atoms with Gasteiger partial charge in [-0.3, -0.25) is 13.9 Å². The first kappa shape index (κ1) is 33.5. The van der Waals surface area contributed by atoms with E-state index >= 15 is 0 Å². The van der Waals surface area contributed by atoms with Crippen molar-refractivity contribution in [2.75, 3.05) is 18.0 Å². The number of carbonyl (C=O) groups excluding carboxylic acids is 2. The number of anilines is 1. The zero-order valence-corrected chi connectivity index (χ0v) is 26.9. The summed E-state index contributed by atoms with van der Waals surface area (Å²) in [7, 11) is -2.80. The molecule has 0 saturated carbocycles. The Labute approximate surface area is 262 Å². The van der Waals surface area contributed by atoms with Crippen molar-refractivity contribution in [3.05, 3.63) is 87.4 Å². The van der Waals surface area contributed by atoms with Crippen LogP contribution in [0.4, 0.5) is 5.69 Å².